The smallest absolute Gasteiger partial charge is 0.274 e. The summed E-state index contributed by atoms with van der Waals surface area (Å²) in [6, 6.07) is 0. The average Bonchev–Trinajstić information content (AvgIpc) is 3.23. The summed E-state index contributed by atoms with van der Waals surface area (Å²) in [6.45, 7) is 2.46. The highest BCUT2D eigenvalue weighted by Gasteiger charge is 2.33. The molecule has 21 heavy (non-hydrogen) atoms. The Morgan fingerprint density at radius 3 is 2.71 bits per heavy atom. The zero-order valence-electron chi connectivity index (χ0n) is 12.5. The molecule has 2 fully saturated rings. The van der Waals surface area contributed by atoms with E-state index in [9.17, 15) is 9.90 Å². The number of aromatic nitrogens is 2. The largest absolute Gasteiger partial charge is 0.395 e. The van der Waals surface area contributed by atoms with E-state index in [4.69, 9.17) is 5.73 Å². The van der Waals surface area contributed by atoms with Crippen molar-refractivity contribution in [2.75, 3.05) is 12.3 Å². The first-order valence-electron chi connectivity index (χ1n) is 7.83. The lowest BCUT2D eigenvalue weighted by atomic mass is 9.79. The van der Waals surface area contributed by atoms with Crippen LogP contribution in [0.15, 0.2) is 0 Å². The normalized spacial score (nSPS) is 29.3. The molecule has 2 aliphatic carbocycles. The first-order chi connectivity index (χ1) is 9.98. The van der Waals surface area contributed by atoms with Gasteiger partial charge in [0.25, 0.3) is 5.91 Å². The van der Waals surface area contributed by atoms with Crippen molar-refractivity contribution in [3.8, 4) is 0 Å². The number of nitrogens with zero attached hydrogens (tertiary/aromatic N) is 1. The number of aromatic amines is 1. The lowest BCUT2D eigenvalue weighted by Gasteiger charge is -2.34. The van der Waals surface area contributed by atoms with Crippen LogP contribution in [0, 0.1) is 5.92 Å². The van der Waals surface area contributed by atoms with E-state index in [1.807, 2.05) is 0 Å². The number of carbonyl (C=O) groups is 1. The second-order valence-electron chi connectivity index (χ2n) is 6.76. The molecule has 5 N–H and O–H groups in total. The second kappa shape index (κ2) is 5.33. The standard InChI is InChI=1S/C15H24N4O2/c1-9-4-6-15(21,7-5-9)8-17-14(20)13-11(16)12(18-19-13)10-2-3-10/h9-10,21H,2-8,16H2,1H3,(H,17,20)(H,18,19). The Morgan fingerprint density at radius 1 is 1.43 bits per heavy atom. The van der Waals surface area contributed by atoms with Crippen molar-refractivity contribution in [2.45, 2.75) is 57.0 Å². The summed E-state index contributed by atoms with van der Waals surface area (Å²) in [6.07, 6.45) is 5.68. The monoisotopic (exact) mass is 292 g/mol. The van der Waals surface area contributed by atoms with Gasteiger partial charge in [-0.25, -0.2) is 0 Å². The molecule has 1 aromatic heterocycles. The van der Waals surface area contributed by atoms with Crippen LogP contribution in [-0.2, 0) is 0 Å². The van der Waals surface area contributed by atoms with E-state index in [1.54, 1.807) is 0 Å². The van der Waals surface area contributed by atoms with Gasteiger partial charge in [0, 0.05) is 12.5 Å². The van der Waals surface area contributed by atoms with Gasteiger partial charge in [0.05, 0.1) is 17.0 Å². The third-order valence-electron chi connectivity index (χ3n) is 4.82. The van der Waals surface area contributed by atoms with Crippen molar-refractivity contribution in [2.24, 2.45) is 5.92 Å². The number of anilines is 1. The highest BCUT2D eigenvalue weighted by Crippen LogP contribution is 2.42. The Kier molecular flexibility index (Phi) is 3.65. The molecule has 6 heteroatoms. The van der Waals surface area contributed by atoms with E-state index in [2.05, 4.69) is 22.4 Å². The van der Waals surface area contributed by atoms with Crippen molar-refractivity contribution in [1.29, 1.82) is 0 Å². The molecule has 116 valence electrons. The van der Waals surface area contributed by atoms with Crippen LogP contribution in [0.2, 0.25) is 0 Å². The van der Waals surface area contributed by atoms with E-state index in [0.717, 1.165) is 44.2 Å². The van der Waals surface area contributed by atoms with Gasteiger partial charge in [0.15, 0.2) is 5.69 Å². The van der Waals surface area contributed by atoms with Crippen molar-refractivity contribution in [3.63, 3.8) is 0 Å². The quantitative estimate of drug-likeness (QED) is 0.675. The molecular formula is C15H24N4O2. The van der Waals surface area contributed by atoms with Crippen molar-refractivity contribution < 1.29 is 9.90 Å². The number of aliphatic hydroxyl groups is 1. The maximum absolute atomic E-state index is 12.2. The van der Waals surface area contributed by atoms with Gasteiger partial charge in [-0.05, 0) is 44.4 Å². The summed E-state index contributed by atoms with van der Waals surface area (Å²) < 4.78 is 0. The lowest BCUT2D eigenvalue weighted by molar-refractivity contribution is -0.00543. The minimum Gasteiger partial charge on any atom is -0.395 e. The van der Waals surface area contributed by atoms with Gasteiger partial charge in [-0.2, -0.15) is 5.10 Å². The first kappa shape index (κ1) is 14.4. The van der Waals surface area contributed by atoms with Crippen molar-refractivity contribution in [1.82, 2.24) is 15.5 Å². The van der Waals surface area contributed by atoms with Crippen LogP contribution in [0.4, 0.5) is 5.69 Å². The van der Waals surface area contributed by atoms with Gasteiger partial charge < -0.3 is 16.2 Å². The molecule has 3 rings (SSSR count). The number of carbonyl (C=O) groups excluding carboxylic acids is 1. The molecule has 2 saturated carbocycles. The molecule has 0 spiro atoms. The molecule has 0 saturated heterocycles. The van der Waals surface area contributed by atoms with Crippen molar-refractivity contribution in [3.05, 3.63) is 11.4 Å². The predicted octanol–water partition coefficient (Wildman–Crippen LogP) is 1.54. The highest BCUT2D eigenvalue weighted by molar-refractivity contribution is 5.97. The Labute approximate surface area is 124 Å². The molecule has 2 aliphatic rings. The van der Waals surface area contributed by atoms with Gasteiger partial charge in [-0.1, -0.05) is 6.92 Å². The number of rotatable bonds is 4. The maximum Gasteiger partial charge on any atom is 0.274 e. The number of nitrogens with two attached hydrogens (primary N) is 1. The Morgan fingerprint density at radius 2 is 2.10 bits per heavy atom. The first-order valence-corrected chi connectivity index (χ1v) is 7.83. The van der Waals surface area contributed by atoms with E-state index >= 15 is 0 Å². The second-order valence-corrected chi connectivity index (χ2v) is 6.76. The Bertz CT molecular complexity index is 528. The van der Waals surface area contributed by atoms with Gasteiger partial charge in [0.2, 0.25) is 0 Å². The fraction of sp³-hybridized carbons (Fsp3) is 0.733. The molecule has 0 unspecified atom stereocenters. The minimum absolute atomic E-state index is 0.254. The van der Waals surface area contributed by atoms with E-state index in [0.29, 0.717) is 17.5 Å². The number of nitrogen functional groups attached to an aromatic ring is 1. The van der Waals surface area contributed by atoms with Crippen LogP contribution < -0.4 is 11.1 Å². The van der Waals surface area contributed by atoms with E-state index in [-0.39, 0.29) is 18.1 Å². The van der Waals surface area contributed by atoms with Crippen LogP contribution in [0.1, 0.15) is 67.5 Å². The van der Waals surface area contributed by atoms with Gasteiger partial charge >= 0.3 is 0 Å². The molecular weight excluding hydrogens is 268 g/mol. The number of nitrogens with one attached hydrogen (secondary N) is 2. The molecule has 0 radical (unpaired) electrons. The SMILES string of the molecule is CC1CCC(O)(CNC(=O)c2n[nH]c(C3CC3)c2N)CC1. The minimum atomic E-state index is -0.785. The van der Waals surface area contributed by atoms with Crippen LogP contribution in [0.3, 0.4) is 0 Å². The molecule has 1 aromatic rings. The summed E-state index contributed by atoms with van der Waals surface area (Å²) in [5.41, 5.74) is 6.79. The third-order valence-corrected chi connectivity index (χ3v) is 4.82. The predicted molar refractivity (Wildman–Crippen MR) is 79.9 cm³/mol. The summed E-state index contributed by atoms with van der Waals surface area (Å²) >= 11 is 0. The van der Waals surface area contributed by atoms with Gasteiger partial charge in [-0.15, -0.1) is 0 Å². The van der Waals surface area contributed by atoms with Gasteiger partial charge in [0.1, 0.15) is 0 Å². The summed E-state index contributed by atoms with van der Waals surface area (Å²) in [5, 5.41) is 20.2. The molecule has 0 bridgehead atoms. The average molecular weight is 292 g/mol. The number of hydrogen-bond acceptors (Lipinski definition) is 4. The van der Waals surface area contributed by atoms with Crippen LogP contribution in [-0.4, -0.2) is 33.4 Å². The van der Waals surface area contributed by atoms with Crippen LogP contribution in [0.5, 0.6) is 0 Å². The molecule has 1 heterocycles. The van der Waals surface area contributed by atoms with Crippen LogP contribution >= 0.6 is 0 Å². The summed E-state index contributed by atoms with van der Waals surface area (Å²) in [4.78, 5) is 12.2. The zero-order valence-corrected chi connectivity index (χ0v) is 12.5. The number of H-pyrrole nitrogens is 1. The van der Waals surface area contributed by atoms with Crippen molar-refractivity contribution >= 4 is 11.6 Å². The fourth-order valence-electron chi connectivity index (χ4n) is 3.03. The lowest BCUT2D eigenvalue weighted by Crippen LogP contribution is -2.45. The third kappa shape index (κ3) is 3.05. The zero-order chi connectivity index (χ0) is 15.0. The molecule has 1 amide bonds. The summed E-state index contributed by atoms with van der Waals surface area (Å²) in [7, 11) is 0. The topological polar surface area (TPSA) is 104 Å². The highest BCUT2D eigenvalue weighted by atomic mass is 16.3. The van der Waals surface area contributed by atoms with Gasteiger partial charge in [-0.3, -0.25) is 9.89 Å². The molecule has 0 aromatic carbocycles. The maximum atomic E-state index is 12.2. The Hall–Kier alpha value is -1.56. The van der Waals surface area contributed by atoms with E-state index < -0.39 is 5.60 Å². The van der Waals surface area contributed by atoms with Crippen LogP contribution in [0.25, 0.3) is 0 Å². The molecule has 0 aliphatic heterocycles. The summed E-state index contributed by atoms with van der Waals surface area (Å²) in [5.74, 6) is 0.787. The fourth-order valence-corrected chi connectivity index (χ4v) is 3.03. The Balaban J connectivity index is 1.59. The molecule has 0 atom stereocenters. The number of hydrogen-bond donors (Lipinski definition) is 4. The molecule has 6 nitrogen and oxygen atoms in total. The van der Waals surface area contributed by atoms with E-state index in [1.165, 1.54) is 0 Å². The number of amides is 1.